The number of ether oxygens (including phenoxy) is 2. The largest absolute Gasteiger partial charge is 0.493 e. The fourth-order valence-corrected chi connectivity index (χ4v) is 2.85. The van der Waals surface area contributed by atoms with E-state index in [1.54, 1.807) is 44.6 Å². The molecule has 3 rings (SSSR count). The lowest BCUT2D eigenvalue weighted by Crippen LogP contribution is -2.32. The lowest BCUT2D eigenvalue weighted by Gasteiger charge is -2.13. The molecule has 0 atom stereocenters. The van der Waals surface area contributed by atoms with E-state index < -0.39 is 5.97 Å². The van der Waals surface area contributed by atoms with Crippen LogP contribution in [0.25, 0.3) is 11.6 Å². The van der Waals surface area contributed by atoms with Crippen LogP contribution < -0.4 is 14.4 Å². The van der Waals surface area contributed by atoms with E-state index >= 15 is 0 Å². The van der Waals surface area contributed by atoms with Crippen molar-refractivity contribution in [2.45, 2.75) is 0 Å². The summed E-state index contributed by atoms with van der Waals surface area (Å²) in [6.45, 7) is -0.376. The van der Waals surface area contributed by atoms with Crippen LogP contribution in [0.3, 0.4) is 0 Å². The van der Waals surface area contributed by atoms with Gasteiger partial charge in [0.1, 0.15) is 6.54 Å². The molecule has 0 radical (unpaired) electrons. The smallest absolute Gasteiger partial charge is 0.323 e. The van der Waals surface area contributed by atoms with Gasteiger partial charge in [-0.15, -0.1) is 0 Å². The highest BCUT2D eigenvalue weighted by Crippen LogP contribution is 2.38. The number of amides is 1. The summed E-state index contributed by atoms with van der Waals surface area (Å²) in [5.41, 5.74) is 2.52. The van der Waals surface area contributed by atoms with E-state index in [-0.39, 0.29) is 12.5 Å². The SMILES string of the molecule is COc1ccc(/C=C2/C(=O)N(CC(=O)O)c3ccccc32)cc1OC. The van der Waals surface area contributed by atoms with Gasteiger partial charge >= 0.3 is 5.97 Å². The second-order valence-electron chi connectivity index (χ2n) is 5.47. The van der Waals surface area contributed by atoms with Crippen LogP contribution in [0.2, 0.25) is 0 Å². The lowest BCUT2D eigenvalue weighted by atomic mass is 10.0. The highest BCUT2D eigenvalue weighted by atomic mass is 16.5. The second-order valence-corrected chi connectivity index (χ2v) is 5.47. The van der Waals surface area contributed by atoms with Crippen LogP contribution in [0, 0.1) is 0 Å². The van der Waals surface area contributed by atoms with Gasteiger partial charge in [0.05, 0.1) is 19.9 Å². The normalized spacial score (nSPS) is 14.6. The van der Waals surface area contributed by atoms with E-state index in [4.69, 9.17) is 14.6 Å². The molecule has 6 heteroatoms. The molecule has 0 bridgehead atoms. The number of carboxylic acid groups (broad SMARTS) is 1. The van der Waals surface area contributed by atoms with Gasteiger partial charge in [0.25, 0.3) is 5.91 Å². The summed E-state index contributed by atoms with van der Waals surface area (Å²) in [5.74, 6) is -0.248. The van der Waals surface area contributed by atoms with Crippen molar-refractivity contribution in [2.75, 3.05) is 25.7 Å². The van der Waals surface area contributed by atoms with Crippen LogP contribution in [0.4, 0.5) is 5.69 Å². The first-order valence-electron chi connectivity index (χ1n) is 7.62. The molecule has 0 aliphatic carbocycles. The first-order chi connectivity index (χ1) is 12.0. The number of rotatable bonds is 5. The van der Waals surface area contributed by atoms with Crippen molar-refractivity contribution in [3.05, 3.63) is 53.6 Å². The number of carbonyl (C=O) groups is 2. The van der Waals surface area contributed by atoms with Crippen molar-refractivity contribution in [1.29, 1.82) is 0 Å². The summed E-state index contributed by atoms with van der Waals surface area (Å²) in [7, 11) is 3.09. The molecule has 0 spiro atoms. The number of carboxylic acids is 1. The first kappa shape index (κ1) is 16.6. The maximum absolute atomic E-state index is 12.7. The van der Waals surface area contributed by atoms with Crippen molar-refractivity contribution >= 4 is 29.2 Å². The molecule has 0 saturated carbocycles. The second kappa shape index (κ2) is 6.68. The molecule has 128 valence electrons. The van der Waals surface area contributed by atoms with Crippen LogP contribution >= 0.6 is 0 Å². The molecule has 2 aromatic rings. The molecule has 1 heterocycles. The Kier molecular flexibility index (Phi) is 4.43. The fraction of sp³-hybridized carbons (Fsp3) is 0.158. The zero-order chi connectivity index (χ0) is 18.0. The standard InChI is InChI=1S/C19H17NO5/c1-24-16-8-7-12(10-17(16)25-2)9-14-13-5-3-4-6-15(13)20(19(14)23)11-18(21)22/h3-10H,11H2,1-2H3,(H,21,22)/b14-9+. The van der Waals surface area contributed by atoms with Gasteiger partial charge in [-0.1, -0.05) is 24.3 Å². The van der Waals surface area contributed by atoms with Gasteiger partial charge in [-0.2, -0.15) is 0 Å². The first-order valence-corrected chi connectivity index (χ1v) is 7.62. The lowest BCUT2D eigenvalue weighted by molar-refractivity contribution is -0.136. The monoisotopic (exact) mass is 339 g/mol. The topological polar surface area (TPSA) is 76.1 Å². The molecular weight excluding hydrogens is 322 g/mol. The van der Waals surface area contributed by atoms with Gasteiger partial charge in [0.2, 0.25) is 0 Å². The summed E-state index contributed by atoms with van der Waals surface area (Å²) in [6, 6.07) is 12.5. The van der Waals surface area contributed by atoms with E-state index in [0.717, 1.165) is 5.56 Å². The Hall–Kier alpha value is -3.28. The Morgan fingerprint density at radius 3 is 2.52 bits per heavy atom. The average molecular weight is 339 g/mol. The third-order valence-electron chi connectivity index (χ3n) is 3.97. The molecule has 1 aliphatic heterocycles. The summed E-state index contributed by atoms with van der Waals surface area (Å²) in [4.78, 5) is 25.1. The molecule has 0 fully saturated rings. The third kappa shape index (κ3) is 3.06. The van der Waals surface area contributed by atoms with E-state index in [2.05, 4.69) is 0 Å². The van der Waals surface area contributed by atoms with Gasteiger partial charge < -0.3 is 14.6 Å². The Morgan fingerprint density at radius 2 is 1.84 bits per heavy atom. The van der Waals surface area contributed by atoms with E-state index in [0.29, 0.717) is 28.3 Å². The molecule has 0 unspecified atom stereocenters. The van der Waals surface area contributed by atoms with Crippen LogP contribution in [-0.4, -0.2) is 37.7 Å². The average Bonchev–Trinajstić information content (AvgIpc) is 2.87. The molecule has 1 N–H and O–H groups in total. The van der Waals surface area contributed by atoms with Crippen molar-refractivity contribution in [1.82, 2.24) is 0 Å². The number of hydrogen-bond donors (Lipinski definition) is 1. The Labute approximate surface area is 144 Å². The van der Waals surface area contributed by atoms with E-state index in [1.807, 2.05) is 18.2 Å². The zero-order valence-electron chi connectivity index (χ0n) is 13.9. The summed E-state index contributed by atoms with van der Waals surface area (Å²) in [6.07, 6.45) is 1.73. The zero-order valence-corrected chi connectivity index (χ0v) is 13.9. The van der Waals surface area contributed by atoms with Gasteiger partial charge in [-0.25, -0.2) is 0 Å². The van der Waals surface area contributed by atoms with E-state index in [9.17, 15) is 9.59 Å². The van der Waals surface area contributed by atoms with Gasteiger partial charge in [0.15, 0.2) is 11.5 Å². The number of methoxy groups -OCH3 is 2. The van der Waals surface area contributed by atoms with Crippen LogP contribution in [0.15, 0.2) is 42.5 Å². The molecule has 6 nitrogen and oxygen atoms in total. The Morgan fingerprint density at radius 1 is 1.12 bits per heavy atom. The van der Waals surface area contributed by atoms with Crippen LogP contribution in [0.1, 0.15) is 11.1 Å². The minimum atomic E-state index is -1.06. The minimum absolute atomic E-state index is 0.335. The van der Waals surface area contributed by atoms with Crippen molar-refractivity contribution in [2.24, 2.45) is 0 Å². The number of carbonyl (C=O) groups excluding carboxylic acids is 1. The van der Waals surface area contributed by atoms with Crippen LogP contribution in [0.5, 0.6) is 11.5 Å². The number of nitrogens with zero attached hydrogens (tertiary/aromatic N) is 1. The molecule has 0 aromatic heterocycles. The number of para-hydroxylation sites is 1. The molecule has 1 amide bonds. The number of aliphatic carboxylic acids is 1. The quantitative estimate of drug-likeness (QED) is 0.848. The van der Waals surface area contributed by atoms with Crippen LogP contribution in [-0.2, 0) is 9.59 Å². The third-order valence-corrected chi connectivity index (χ3v) is 3.97. The number of anilines is 1. The molecular formula is C19H17NO5. The predicted octanol–water partition coefficient (Wildman–Crippen LogP) is 2.68. The maximum atomic E-state index is 12.7. The number of fused-ring (bicyclic) bond motifs is 1. The maximum Gasteiger partial charge on any atom is 0.323 e. The molecule has 0 saturated heterocycles. The molecule has 25 heavy (non-hydrogen) atoms. The predicted molar refractivity (Wildman–Crippen MR) is 93.8 cm³/mol. The van der Waals surface area contributed by atoms with Crippen molar-refractivity contribution < 1.29 is 24.2 Å². The minimum Gasteiger partial charge on any atom is -0.493 e. The number of hydrogen-bond acceptors (Lipinski definition) is 4. The highest BCUT2D eigenvalue weighted by Gasteiger charge is 2.33. The van der Waals surface area contributed by atoms with Crippen molar-refractivity contribution in [3.63, 3.8) is 0 Å². The Balaban J connectivity index is 2.06. The molecule has 2 aromatic carbocycles. The van der Waals surface area contributed by atoms with Gasteiger partial charge in [-0.3, -0.25) is 14.5 Å². The van der Waals surface area contributed by atoms with Gasteiger partial charge in [0, 0.05) is 11.1 Å². The summed E-state index contributed by atoms with van der Waals surface area (Å²) < 4.78 is 10.5. The highest BCUT2D eigenvalue weighted by molar-refractivity contribution is 6.36. The molecule has 1 aliphatic rings. The van der Waals surface area contributed by atoms with E-state index in [1.165, 1.54) is 4.90 Å². The van der Waals surface area contributed by atoms with Gasteiger partial charge in [-0.05, 0) is 29.8 Å². The number of benzene rings is 2. The summed E-state index contributed by atoms with van der Waals surface area (Å²) >= 11 is 0. The fourth-order valence-electron chi connectivity index (χ4n) is 2.85. The Bertz CT molecular complexity index is 872. The summed E-state index contributed by atoms with van der Waals surface area (Å²) in [5, 5.41) is 9.08. The van der Waals surface area contributed by atoms with Crippen molar-refractivity contribution in [3.8, 4) is 11.5 Å².